The largest absolute Gasteiger partial charge is 0.339 e. The third-order valence-corrected chi connectivity index (χ3v) is 11.8. The highest BCUT2D eigenvalue weighted by Gasteiger charge is 2.73. The zero-order valence-corrected chi connectivity index (χ0v) is 23.6. The maximum atomic E-state index is 14.6. The second-order valence-corrected chi connectivity index (χ2v) is 14.9. The van der Waals surface area contributed by atoms with Gasteiger partial charge in [0.25, 0.3) is 0 Å². The van der Waals surface area contributed by atoms with Gasteiger partial charge in [0.15, 0.2) is 5.82 Å². The van der Waals surface area contributed by atoms with Crippen LogP contribution in [0.3, 0.4) is 0 Å². The van der Waals surface area contributed by atoms with Crippen LogP contribution in [-0.4, -0.2) is 38.4 Å². The number of aromatic nitrogens is 4. The van der Waals surface area contributed by atoms with Crippen molar-refractivity contribution in [2.24, 2.45) is 10.8 Å². The van der Waals surface area contributed by atoms with Crippen LogP contribution in [0.5, 0.6) is 0 Å². The van der Waals surface area contributed by atoms with Gasteiger partial charge in [-0.05, 0) is 101 Å². The molecule has 8 aliphatic rings. The summed E-state index contributed by atoms with van der Waals surface area (Å²) >= 11 is 0. The van der Waals surface area contributed by atoms with Crippen LogP contribution in [0.15, 0.2) is 33.3 Å². The van der Waals surface area contributed by atoms with Crippen LogP contribution in [-0.2, 0) is 15.6 Å². The van der Waals surface area contributed by atoms with Crippen LogP contribution in [0.2, 0.25) is 0 Å². The molecule has 1 amide bonds. The van der Waals surface area contributed by atoms with E-state index >= 15 is 0 Å². The normalized spacial score (nSPS) is 36.0. The molecule has 0 unspecified atom stereocenters. The summed E-state index contributed by atoms with van der Waals surface area (Å²) in [6.07, 6.45) is 11.6. The van der Waals surface area contributed by atoms with Gasteiger partial charge in [-0.3, -0.25) is 4.79 Å². The number of amides is 1. The van der Waals surface area contributed by atoms with E-state index in [-0.39, 0.29) is 22.2 Å². The molecular formula is C32H36FN5O3. The summed E-state index contributed by atoms with van der Waals surface area (Å²) in [4.78, 5) is 25.7. The van der Waals surface area contributed by atoms with Gasteiger partial charge in [0.2, 0.25) is 23.5 Å². The maximum absolute atomic E-state index is 14.6. The number of anilines is 1. The fourth-order valence-electron chi connectivity index (χ4n) is 8.37. The Kier molecular flexibility index (Phi) is 4.68. The van der Waals surface area contributed by atoms with E-state index in [2.05, 4.69) is 17.2 Å². The van der Waals surface area contributed by atoms with Crippen molar-refractivity contribution in [3.8, 4) is 11.4 Å². The molecule has 0 atom stereocenters. The molecule has 41 heavy (non-hydrogen) atoms. The minimum atomic E-state index is -1.12. The summed E-state index contributed by atoms with van der Waals surface area (Å²) in [5.74, 6) is 3.52. The van der Waals surface area contributed by atoms with Crippen LogP contribution >= 0.6 is 0 Å². The molecule has 0 N–H and O–H groups in total. The van der Waals surface area contributed by atoms with Crippen LogP contribution in [0.4, 0.5) is 10.1 Å². The highest BCUT2D eigenvalue weighted by atomic mass is 19.1. The summed E-state index contributed by atoms with van der Waals surface area (Å²) in [6.45, 7) is 2.80. The second kappa shape index (κ2) is 7.84. The molecule has 9 heteroatoms. The molecule has 214 valence electrons. The molecule has 3 aromatic rings. The minimum absolute atomic E-state index is 0.00558. The average Bonchev–Trinajstić information content (AvgIpc) is 3.83. The summed E-state index contributed by atoms with van der Waals surface area (Å²) < 4.78 is 26.0. The van der Waals surface area contributed by atoms with E-state index in [0.29, 0.717) is 43.4 Å². The Balaban J connectivity index is 0.998. The van der Waals surface area contributed by atoms with Gasteiger partial charge in [0, 0.05) is 34.5 Å². The topological polar surface area (TPSA) is 98.2 Å². The highest BCUT2D eigenvalue weighted by Crippen LogP contribution is 2.70. The Bertz CT molecular complexity index is 1520. The fraction of sp³-hybridized carbons (Fsp3) is 0.656. The fourth-order valence-corrected chi connectivity index (χ4v) is 8.37. The predicted molar refractivity (Wildman–Crippen MR) is 147 cm³/mol. The maximum Gasteiger partial charge on any atom is 0.233 e. The number of nitrogens with zero attached hydrogens (tertiary/aromatic N) is 5. The van der Waals surface area contributed by atoms with E-state index in [1.807, 2.05) is 29.2 Å². The molecule has 4 bridgehead atoms. The number of hydrogen-bond acceptors (Lipinski definition) is 7. The lowest BCUT2D eigenvalue weighted by Gasteiger charge is -2.65. The van der Waals surface area contributed by atoms with Crippen molar-refractivity contribution in [1.29, 1.82) is 0 Å². The molecule has 11 rings (SSSR count). The molecule has 8 fully saturated rings. The quantitative estimate of drug-likeness (QED) is 0.309. The number of carbonyl (C=O) groups is 1. The number of fused-ring (bicyclic) bond motifs is 3. The highest BCUT2D eigenvalue weighted by molar-refractivity contribution is 6.00. The zero-order valence-electron chi connectivity index (χ0n) is 23.6. The van der Waals surface area contributed by atoms with Crippen LogP contribution in [0.25, 0.3) is 11.4 Å². The first kappa shape index (κ1) is 24.5. The lowest BCUT2D eigenvalue weighted by Crippen LogP contribution is -2.71. The molecule has 0 radical (unpaired) electrons. The Hall–Kier alpha value is -3.10. The van der Waals surface area contributed by atoms with Crippen molar-refractivity contribution in [3.63, 3.8) is 0 Å². The summed E-state index contributed by atoms with van der Waals surface area (Å²) in [7, 11) is 0. The van der Waals surface area contributed by atoms with Gasteiger partial charge in [-0.2, -0.15) is 9.97 Å². The second-order valence-electron chi connectivity index (χ2n) is 14.9. The van der Waals surface area contributed by atoms with Gasteiger partial charge in [0.1, 0.15) is 5.67 Å². The van der Waals surface area contributed by atoms with Gasteiger partial charge in [0.05, 0.1) is 5.41 Å². The van der Waals surface area contributed by atoms with Crippen molar-refractivity contribution in [1.82, 2.24) is 20.3 Å². The molecule has 0 spiro atoms. The van der Waals surface area contributed by atoms with Crippen molar-refractivity contribution < 1.29 is 18.2 Å². The minimum Gasteiger partial charge on any atom is -0.339 e. The number of benzene rings is 1. The SMILES string of the molecule is CC1(c2nc(-c3cccc(N(CC45CCC(c6nc(C7CC7)no6)(CC4)CC5)C(=O)C45CC(F)(C4)C5)c3)no2)CC1. The number of rotatable bonds is 8. The van der Waals surface area contributed by atoms with Crippen molar-refractivity contribution in [2.45, 2.75) is 113 Å². The molecule has 8 saturated carbocycles. The lowest BCUT2D eigenvalue weighted by atomic mass is 9.41. The van der Waals surface area contributed by atoms with Crippen LogP contribution in [0, 0.1) is 10.8 Å². The number of hydrogen-bond donors (Lipinski definition) is 0. The van der Waals surface area contributed by atoms with E-state index in [0.717, 1.165) is 74.3 Å². The Labute approximate surface area is 238 Å². The molecule has 1 aromatic carbocycles. The molecule has 8 nitrogen and oxygen atoms in total. The third-order valence-electron chi connectivity index (χ3n) is 11.8. The first-order valence-electron chi connectivity index (χ1n) is 15.5. The van der Waals surface area contributed by atoms with Crippen molar-refractivity contribution >= 4 is 11.6 Å². The van der Waals surface area contributed by atoms with E-state index in [1.165, 1.54) is 12.8 Å². The third kappa shape index (κ3) is 3.65. The Morgan fingerprint density at radius 1 is 0.951 bits per heavy atom. The van der Waals surface area contributed by atoms with E-state index in [1.54, 1.807) is 0 Å². The van der Waals surface area contributed by atoms with Crippen molar-refractivity contribution in [2.75, 3.05) is 11.4 Å². The molecule has 2 aromatic heterocycles. The first-order valence-corrected chi connectivity index (χ1v) is 15.5. The molecule has 0 aliphatic heterocycles. The Morgan fingerprint density at radius 2 is 1.66 bits per heavy atom. The van der Waals surface area contributed by atoms with Gasteiger partial charge in [-0.1, -0.05) is 29.4 Å². The zero-order chi connectivity index (χ0) is 27.7. The van der Waals surface area contributed by atoms with Gasteiger partial charge < -0.3 is 13.9 Å². The van der Waals surface area contributed by atoms with Gasteiger partial charge >= 0.3 is 0 Å². The molecule has 8 aliphatic carbocycles. The average molecular weight is 558 g/mol. The summed E-state index contributed by atoms with van der Waals surface area (Å²) in [5.41, 5.74) is 0.0114. The summed E-state index contributed by atoms with van der Waals surface area (Å²) in [5, 5.41) is 8.59. The van der Waals surface area contributed by atoms with Crippen molar-refractivity contribution in [3.05, 3.63) is 41.9 Å². The summed E-state index contributed by atoms with van der Waals surface area (Å²) in [6, 6.07) is 7.96. The number of halogens is 1. The number of alkyl halides is 1. The van der Waals surface area contributed by atoms with E-state index in [4.69, 9.17) is 19.0 Å². The van der Waals surface area contributed by atoms with Crippen LogP contribution in [0.1, 0.15) is 114 Å². The first-order chi connectivity index (χ1) is 19.7. The smallest absolute Gasteiger partial charge is 0.233 e. The standard InChI is InChI=1S/C32H36FN5O3/c1-28(7-8-28)25-34-24(37-40-25)21-3-2-4-22(15-21)38(27(39)31-16-32(33,17-31)18-31)19-29-9-12-30(13-10-29,14-11-29)26-35-23(36-41-26)20-5-6-20/h2-4,15,20H,5-14,16-19H2,1H3. The molecule has 0 saturated heterocycles. The number of carbonyl (C=O) groups excluding carboxylic acids is 1. The molecule has 2 heterocycles. The Morgan fingerprint density at radius 3 is 2.32 bits per heavy atom. The monoisotopic (exact) mass is 557 g/mol. The van der Waals surface area contributed by atoms with Gasteiger partial charge in [-0.25, -0.2) is 4.39 Å². The molecular weight excluding hydrogens is 521 g/mol. The predicted octanol–water partition coefficient (Wildman–Crippen LogP) is 6.57. The van der Waals surface area contributed by atoms with Gasteiger partial charge in [-0.15, -0.1) is 0 Å². The van der Waals surface area contributed by atoms with E-state index < -0.39 is 11.1 Å². The van der Waals surface area contributed by atoms with E-state index in [9.17, 15) is 9.18 Å². The van der Waals surface area contributed by atoms with Crippen LogP contribution < -0.4 is 4.90 Å². The lowest BCUT2D eigenvalue weighted by molar-refractivity contribution is -0.211.